The molecule has 1 N–H and O–H groups in total. The summed E-state index contributed by atoms with van der Waals surface area (Å²) in [5, 5.41) is 13.7. The van der Waals surface area contributed by atoms with Gasteiger partial charge in [-0.05, 0) is 85.1 Å². The maximum Gasteiger partial charge on any atom is 0.335 e. The Kier molecular flexibility index (Phi) is 4.89. The summed E-state index contributed by atoms with van der Waals surface area (Å²) in [5.74, 6) is 1.48. The van der Waals surface area contributed by atoms with E-state index in [1.807, 2.05) is 12.1 Å². The van der Waals surface area contributed by atoms with Gasteiger partial charge in [0.1, 0.15) is 5.60 Å². The summed E-state index contributed by atoms with van der Waals surface area (Å²) < 4.78 is 0. The molecule has 182 valence electrons. The monoisotopic (exact) mass is 470 g/mol. The summed E-state index contributed by atoms with van der Waals surface area (Å²) in [6.07, 6.45) is 11.0. The van der Waals surface area contributed by atoms with Gasteiger partial charge < -0.3 is 9.94 Å². The van der Waals surface area contributed by atoms with Crippen LogP contribution in [0.5, 0.6) is 0 Å². The SMILES string of the molecule is O=C(O)c1ccc(C2=NOC3(CCN(C(c4ccccc4C4CC4)(C4CC4)C4CC4)CC3)C2)cc1. The average molecular weight is 471 g/mol. The summed E-state index contributed by atoms with van der Waals surface area (Å²) in [7, 11) is 0. The Morgan fingerprint density at radius 3 is 2.20 bits per heavy atom. The number of hydrogen-bond donors (Lipinski definition) is 1. The van der Waals surface area contributed by atoms with Crippen molar-refractivity contribution in [3.8, 4) is 0 Å². The van der Waals surface area contributed by atoms with Crippen molar-refractivity contribution in [2.24, 2.45) is 17.0 Å². The number of carboxylic acids is 1. The second-order valence-corrected chi connectivity index (χ2v) is 11.6. The van der Waals surface area contributed by atoms with Crippen LogP contribution in [0.3, 0.4) is 0 Å². The third-order valence-electron chi connectivity index (χ3n) is 9.31. The van der Waals surface area contributed by atoms with Crippen LogP contribution < -0.4 is 0 Å². The van der Waals surface area contributed by atoms with Crippen LogP contribution in [-0.4, -0.2) is 40.4 Å². The molecule has 4 fully saturated rings. The minimum absolute atomic E-state index is 0.216. The molecular weight excluding hydrogens is 436 g/mol. The topological polar surface area (TPSA) is 62.1 Å². The molecule has 0 amide bonds. The highest BCUT2D eigenvalue weighted by Gasteiger charge is 2.60. The third kappa shape index (κ3) is 3.62. The standard InChI is InChI=1S/C30H34N2O3/c33-28(34)22-9-7-21(8-10-22)27-19-29(35-31-27)15-17-32(18-16-29)30(23-11-12-23,24-13-14-24)26-4-2-1-3-25(26)20-5-6-20/h1-4,7-10,20,23-24H,5-6,11-19H2,(H,33,34). The van der Waals surface area contributed by atoms with Gasteiger partial charge in [-0.25, -0.2) is 4.79 Å². The van der Waals surface area contributed by atoms with Crippen LogP contribution in [0.15, 0.2) is 53.7 Å². The minimum Gasteiger partial charge on any atom is -0.478 e. The summed E-state index contributed by atoms with van der Waals surface area (Å²) in [6.45, 7) is 2.12. The van der Waals surface area contributed by atoms with E-state index in [1.165, 1.54) is 38.5 Å². The molecule has 1 saturated heterocycles. The molecule has 0 atom stereocenters. The molecule has 2 heterocycles. The van der Waals surface area contributed by atoms with E-state index >= 15 is 0 Å². The lowest BCUT2D eigenvalue weighted by atomic mass is 9.73. The Hall–Kier alpha value is -2.66. The zero-order valence-electron chi connectivity index (χ0n) is 20.3. The summed E-state index contributed by atoms with van der Waals surface area (Å²) in [6, 6.07) is 16.5. The number of likely N-dealkylation sites (tertiary alicyclic amines) is 1. The fraction of sp³-hybridized carbons (Fsp3) is 0.533. The zero-order chi connectivity index (χ0) is 23.6. The van der Waals surface area contributed by atoms with E-state index in [0.717, 1.165) is 61.4 Å². The Bertz CT molecular complexity index is 1150. The fourth-order valence-electron chi connectivity index (χ4n) is 7.15. The van der Waals surface area contributed by atoms with Gasteiger partial charge in [0.15, 0.2) is 0 Å². The third-order valence-corrected chi connectivity index (χ3v) is 9.31. The fourth-order valence-corrected chi connectivity index (χ4v) is 7.15. The van der Waals surface area contributed by atoms with Crippen molar-refractivity contribution in [3.63, 3.8) is 0 Å². The van der Waals surface area contributed by atoms with Crippen molar-refractivity contribution in [1.82, 2.24) is 4.90 Å². The molecule has 5 aliphatic rings. The van der Waals surface area contributed by atoms with Crippen LogP contribution in [0.2, 0.25) is 0 Å². The maximum atomic E-state index is 11.2. The molecule has 2 aromatic rings. The average Bonchev–Trinajstić information content (AvgIpc) is 3.74. The lowest BCUT2D eigenvalue weighted by molar-refractivity contribution is -0.0909. The number of nitrogens with zero attached hydrogens (tertiary/aromatic N) is 2. The lowest BCUT2D eigenvalue weighted by Gasteiger charge is -2.51. The maximum absolute atomic E-state index is 11.2. The zero-order valence-corrected chi connectivity index (χ0v) is 20.3. The number of oxime groups is 1. The predicted molar refractivity (Wildman–Crippen MR) is 135 cm³/mol. The predicted octanol–water partition coefficient (Wildman–Crippen LogP) is 5.94. The molecule has 5 heteroatoms. The van der Waals surface area contributed by atoms with E-state index in [0.29, 0.717) is 5.56 Å². The number of carboxylic acid groups (broad SMARTS) is 1. The number of aromatic carboxylic acids is 1. The number of piperidine rings is 1. The van der Waals surface area contributed by atoms with Crippen LogP contribution in [0.4, 0.5) is 0 Å². The van der Waals surface area contributed by atoms with E-state index in [4.69, 9.17) is 4.84 Å². The first-order valence-electron chi connectivity index (χ1n) is 13.5. The van der Waals surface area contributed by atoms with Crippen molar-refractivity contribution in [2.75, 3.05) is 13.1 Å². The number of rotatable bonds is 7. The van der Waals surface area contributed by atoms with E-state index in [1.54, 1.807) is 23.3 Å². The summed E-state index contributed by atoms with van der Waals surface area (Å²) >= 11 is 0. The van der Waals surface area contributed by atoms with Crippen LogP contribution in [0.1, 0.15) is 90.8 Å². The number of hydrogen-bond acceptors (Lipinski definition) is 4. The van der Waals surface area contributed by atoms with Crippen LogP contribution >= 0.6 is 0 Å². The van der Waals surface area contributed by atoms with Gasteiger partial charge in [-0.15, -0.1) is 0 Å². The van der Waals surface area contributed by atoms with Gasteiger partial charge in [-0.1, -0.05) is 41.6 Å². The Balaban J connectivity index is 1.12. The minimum atomic E-state index is -0.900. The molecule has 3 saturated carbocycles. The second-order valence-electron chi connectivity index (χ2n) is 11.6. The van der Waals surface area contributed by atoms with Gasteiger partial charge in [0.25, 0.3) is 0 Å². The first-order valence-corrected chi connectivity index (χ1v) is 13.5. The molecule has 0 bridgehead atoms. The molecule has 1 spiro atoms. The van der Waals surface area contributed by atoms with Gasteiger partial charge in [-0.3, -0.25) is 4.90 Å². The van der Waals surface area contributed by atoms with E-state index in [9.17, 15) is 9.90 Å². The van der Waals surface area contributed by atoms with Crippen molar-refractivity contribution < 1.29 is 14.7 Å². The lowest BCUT2D eigenvalue weighted by Crippen LogP contribution is -2.56. The van der Waals surface area contributed by atoms with Crippen molar-refractivity contribution in [3.05, 3.63) is 70.8 Å². The Morgan fingerprint density at radius 2 is 1.60 bits per heavy atom. The normalized spacial score (nSPS) is 24.3. The molecule has 0 unspecified atom stereocenters. The highest BCUT2D eigenvalue weighted by Crippen LogP contribution is 2.63. The largest absolute Gasteiger partial charge is 0.478 e. The second kappa shape index (κ2) is 7.92. The van der Waals surface area contributed by atoms with Crippen LogP contribution in [0, 0.1) is 11.8 Å². The molecule has 2 aliphatic heterocycles. The first kappa shape index (κ1) is 21.6. The van der Waals surface area contributed by atoms with E-state index < -0.39 is 5.97 Å². The van der Waals surface area contributed by atoms with Gasteiger partial charge in [0, 0.05) is 32.4 Å². The highest BCUT2D eigenvalue weighted by molar-refractivity contribution is 6.02. The van der Waals surface area contributed by atoms with Crippen molar-refractivity contribution in [2.45, 2.75) is 74.8 Å². The van der Waals surface area contributed by atoms with Gasteiger partial charge in [-0.2, -0.15) is 0 Å². The molecule has 7 rings (SSSR count). The first-order chi connectivity index (χ1) is 17.1. The summed E-state index contributed by atoms with van der Waals surface area (Å²) in [5.41, 5.74) is 5.52. The number of benzene rings is 2. The van der Waals surface area contributed by atoms with Crippen molar-refractivity contribution in [1.29, 1.82) is 0 Å². The molecular formula is C30H34N2O3. The van der Waals surface area contributed by atoms with Crippen molar-refractivity contribution >= 4 is 11.7 Å². The smallest absolute Gasteiger partial charge is 0.335 e. The van der Waals surface area contributed by atoms with E-state index in [2.05, 4.69) is 34.3 Å². The molecule has 3 aliphatic carbocycles. The molecule has 2 aromatic carbocycles. The molecule has 0 radical (unpaired) electrons. The van der Waals surface area contributed by atoms with Gasteiger partial charge in [0.2, 0.25) is 0 Å². The highest BCUT2D eigenvalue weighted by atomic mass is 16.7. The Labute approximate surface area is 207 Å². The van der Waals surface area contributed by atoms with Crippen LogP contribution in [-0.2, 0) is 10.4 Å². The Morgan fingerprint density at radius 1 is 0.943 bits per heavy atom. The summed E-state index contributed by atoms with van der Waals surface area (Å²) in [4.78, 5) is 20.2. The van der Waals surface area contributed by atoms with Gasteiger partial charge >= 0.3 is 5.97 Å². The molecule has 5 nitrogen and oxygen atoms in total. The number of carbonyl (C=O) groups is 1. The van der Waals surface area contributed by atoms with E-state index in [-0.39, 0.29) is 11.1 Å². The van der Waals surface area contributed by atoms with Crippen LogP contribution in [0.25, 0.3) is 0 Å². The van der Waals surface area contributed by atoms with Gasteiger partial charge in [0.05, 0.1) is 16.8 Å². The molecule has 0 aromatic heterocycles. The quantitative estimate of drug-likeness (QED) is 0.544. The molecule has 35 heavy (non-hydrogen) atoms.